The highest BCUT2D eigenvalue weighted by Gasteiger charge is 2.29. The van der Waals surface area contributed by atoms with Crippen LogP contribution in [0.2, 0.25) is 0 Å². The summed E-state index contributed by atoms with van der Waals surface area (Å²) in [7, 11) is 1.29. The number of aryl methyl sites for hydroxylation is 1. The van der Waals surface area contributed by atoms with Gasteiger partial charge in [0.05, 0.1) is 24.3 Å². The summed E-state index contributed by atoms with van der Waals surface area (Å²) in [6, 6.07) is 0. The number of hydrogen-bond acceptors (Lipinski definition) is 5. The molecule has 1 aliphatic rings. The van der Waals surface area contributed by atoms with Gasteiger partial charge in [-0.3, -0.25) is 9.59 Å². The number of Topliss-reactive ketones (excluding diaryl/α,β-unsaturated/α-hetero) is 1. The summed E-state index contributed by atoms with van der Waals surface area (Å²) in [5, 5.41) is 0. The molecule has 0 saturated heterocycles. The number of rotatable bonds is 5. The first-order valence-corrected chi connectivity index (χ1v) is 8.04. The summed E-state index contributed by atoms with van der Waals surface area (Å²) in [6.45, 7) is 4.91. The third-order valence-corrected chi connectivity index (χ3v) is 4.34. The second-order valence-corrected chi connectivity index (χ2v) is 6.04. The van der Waals surface area contributed by atoms with Crippen molar-refractivity contribution >= 4 is 17.7 Å². The fourth-order valence-corrected chi connectivity index (χ4v) is 2.94. The molecule has 0 aliphatic heterocycles. The maximum Gasteiger partial charge on any atom is 0.339 e. The van der Waals surface area contributed by atoms with Crippen LogP contribution in [0.4, 0.5) is 0 Å². The van der Waals surface area contributed by atoms with Crippen molar-refractivity contribution < 1.29 is 23.9 Å². The van der Waals surface area contributed by atoms with Gasteiger partial charge in [0.1, 0.15) is 0 Å². The molecule has 0 amide bonds. The Bertz CT molecular complexity index is 686. The molecule has 1 aromatic heterocycles. The van der Waals surface area contributed by atoms with Gasteiger partial charge in [0, 0.05) is 5.69 Å². The predicted octanol–water partition coefficient (Wildman–Crippen LogP) is 2.89. The smallest absolute Gasteiger partial charge is 0.339 e. The number of ketones is 1. The van der Waals surface area contributed by atoms with Gasteiger partial charge in [-0.15, -0.1) is 0 Å². The van der Waals surface area contributed by atoms with E-state index < -0.39 is 12.1 Å². The molecule has 0 radical (unpaired) electrons. The minimum Gasteiger partial charge on any atom is -0.465 e. The number of allylic oxidation sites excluding steroid dienone is 2. The normalized spacial score (nSPS) is 18.1. The Morgan fingerprint density at radius 3 is 2.54 bits per heavy atom. The molecular weight excluding hydrogens is 310 g/mol. The van der Waals surface area contributed by atoms with E-state index in [-0.39, 0.29) is 23.4 Å². The SMILES string of the molecule is COC(=O)c1c(C)[nH]c(C(=O)[C@H](C)OC(=O)[C@@H]2CC=CCC2)c1C. The minimum atomic E-state index is -0.911. The molecule has 0 saturated carbocycles. The third-order valence-electron chi connectivity index (χ3n) is 4.34. The Morgan fingerprint density at radius 1 is 1.25 bits per heavy atom. The van der Waals surface area contributed by atoms with Gasteiger partial charge in [-0.2, -0.15) is 0 Å². The zero-order valence-corrected chi connectivity index (χ0v) is 14.5. The highest BCUT2D eigenvalue weighted by molar-refractivity contribution is 6.04. The van der Waals surface area contributed by atoms with Gasteiger partial charge in [-0.1, -0.05) is 12.2 Å². The van der Waals surface area contributed by atoms with E-state index in [9.17, 15) is 14.4 Å². The van der Waals surface area contributed by atoms with E-state index in [2.05, 4.69) is 4.98 Å². The summed E-state index contributed by atoms with van der Waals surface area (Å²) in [6.07, 6.45) is 5.32. The molecule has 0 bridgehead atoms. The van der Waals surface area contributed by atoms with Crippen LogP contribution in [0, 0.1) is 19.8 Å². The van der Waals surface area contributed by atoms with Crippen LogP contribution in [-0.4, -0.2) is 35.9 Å². The topological polar surface area (TPSA) is 85.5 Å². The van der Waals surface area contributed by atoms with Crippen LogP contribution in [0.3, 0.4) is 0 Å². The van der Waals surface area contributed by atoms with E-state index in [1.54, 1.807) is 20.8 Å². The zero-order valence-electron chi connectivity index (χ0n) is 14.5. The van der Waals surface area contributed by atoms with Gasteiger partial charge in [-0.05, 0) is 45.6 Å². The molecule has 1 aromatic rings. The number of esters is 2. The number of H-pyrrole nitrogens is 1. The number of carbonyl (C=O) groups is 3. The van der Waals surface area contributed by atoms with Crippen LogP contribution in [0.25, 0.3) is 0 Å². The minimum absolute atomic E-state index is 0.192. The summed E-state index contributed by atoms with van der Waals surface area (Å²) in [4.78, 5) is 39.5. The second kappa shape index (κ2) is 7.47. The molecule has 2 atom stereocenters. The second-order valence-electron chi connectivity index (χ2n) is 6.04. The van der Waals surface area contributed by atoms with Crippen LogP contribution >= 0.6 is 0 Å². The van der Waals surface area contributed by atoms with Crippen LogP contribution < -0.4 is 0 Å². The van der Waals surface area contributed by atoms with Crippen molar-refractivity contribution in [3.8, 4) is 0 Å². The first-order chi connectivity index (χ1) is 11.4. The molecule has 0 spiro atoms. The Kier molecular flexibility index (Phi) is 5.59. The fourth-order valence-electron chi connectivity index (χ4n) is 2.94. The first kappa shape index (κ1) is 18.0. The maximum absolute atomic E-state index is 12.6. The lowest BCUT2D eigenvalue weighted by Crippen LogP contribution is -2.29. The van der Waals surface area contributed by atoms with Crippen molar-refractivity contribution in [2.75, 3.05) is 7.11 Å². The fraction of sp³-hybridized carbons (Fsp3) is 0.500. The van der Waals surface area contributed by atoms with Crippen LogP contribution in [0.15, 0.2) is 12.2 Å². The van der Waals surface area contributed by atoms with Gasteiger partial charge in [0.25, 0.3) is 0 Å². The van der Waals surface area contributed by atoms with Gasteiger partial charge in [0.2, 0.25) is 5.78 Å². The summed E-state index contributed by atoms with van der Waals surface area (Å²) >= 11 is 0. The average molecular weight is 333 g/mol. The van der Waals surface area contributed by atoms with Crippen molar-refractivity contribution in [1.29, 1.82) is 0 Å². The Morgan fingerprint density at radius 2 is 1.96 bits per heavy atom. The van der Waals surface area contributed by atoms with Crippen molar-refractivity contribution in [1.82, 2.24) is 4.98 Å². The van der Waals surface area contributed by atoms with Gasteiger partial charge < -0.3 is 14.5 Å². The molecule has 2 rings (SSSR count). The van der Waals surface area contributed by atoms with E-state index in [0.717, 1.165) is 12.8 Å². The first-order valence-electron chi connectivity index (χ1n) is 8.04. The van der Waals surface area contributed by atoms with Crippen LogP contribution in [0.1, 0.15) is 58.3 Å². The maximum atomic E-state index is 12.6. The van der Waals surface area contributed by atoms with Crippen molar-refractivity contribution in [3.05, 3.63) is 34.7 Å². The largest absolute Gasteiger partial charge is 0.465 e. The average Bonchev–Trinajstić information content (AvgIpc) is 2.88. The van der Waals surface area contributed by atoms with Gasteiger partial charge >= 0.3 is 11.9 Å². The van der Waals surface area contributed by atoms with E-state index >= 15 is 0 Å². The molecule has 24 heavy (non-hydrogen) atoms. The lowest BCUT2D eigenvalue weighted by Gasteiger charge is -2.19. The molecule has 1 N–H and O–H groups in total. The highest BCUT2D eigenvalue weighted by atomic mass is 16.5. The third kappa shape index (κ3) is 3.58. The lowest BCUT2D eigenvalue weighted by atomic mass is 9.94. The Balaban J connectivity index is 2.12. The van der Waals surface area contributed by atoms with E-state index in [0.29, 0.717) is 23.2 Å². The predicted molar refractivity (Wildman–Crippen MR) is 88.0 cm³/mol. The molecule has 130 valence electrons. The van der Waals surface area contributed by atoms with Crippen molar-refractivity contribution in [2.24, 2.45) is 5.92 Å². The molecule has 0 fully saturated rings. The lowest BCUT2D eigenvalue weighted by molar-refractivity contribution is -0.151. The summed E-state index contributed by atoms with van der Waals surface area (Å²) in [5.74, 6) is -1.40. The number of aromatic nitrogens is 1. The van der Waals surface area contributed by atoms with E-state index in [1.807, 2.05) is 12.2 Å². The van der Waals surface area contributed by atoms with Crippen molar-refractivity contribution in [2.45, 2.75) is 46.1 Å². The van der Waals surface area contributed by atoms with Crippen LogP contribution in [0.5, 0.6) is 0 Å². The molecule has 1 aliphatic carbocycles. The molecule has 6 heteroatoms. The standard InChI is InChI=1S/C18H23NO5/c1-10-14(18(22)23-4)11(2)19-15(10)16(20)12(3)24-17(21)13-8-6-5-7-9-13/h5-6,12-13,19H,7-9H2,1-4H3/t12-,13+/m0/s1. The number of methoxy groups -OCH3 is 1. The number of ether oxygens (including phenoxy) is 2. The monoisotopic (exact) mass is 333 g/mol. The van der Waals surface area contributed by atoms with E-state index in [1.165, 1.54) is 7.11 Å². The van der Waals surface area contributed by atoms with Gasteiger partial charge in [0.15, 0.2) is 6.10 Å². The molecule has 6 nitrogen and oxygen atoms in total. The molecule has 0 aromatic carbocycles. The van der Waals surface area contributed by atoms with Crippen LogP contribution in [-0.2, 0) is 14.3 Å². The number of nitrogens with one attached hydrogen (secondary N) is 1. The van der Waals surface area contributed by atoms with E-state index in [4.69, 9.17) is 9.47 Å². The molecule has 0 unspecified atom stereocenters. The summed E-state index contributed by atoms with van der Waals surface area (Å²) in [5.41, 5.74) is 1.68. The number of hydrogen-bond donors (Lipinski definition) is 1. The quantitative estimate of drug-likeness (QED) is 0.509. The molecular formula is C18H23NO5. The number of aromatic amines is 1. The Hall–Kier alpha value is -2.37. The Labute approximate surface area is 141 Å². The van der Waals surface area contributed by atoms with Gasteiger partial charge in [-0.25, -0.2) is 4.79 Å². The molecule has 1 heterocycles. The zero-order chi connectivity index (χ0) is 17.9. The van der Waals surface area contributed by atoms with Crippen molar-refractivity contribution in [3.63, 3.8) is 0 Å². The highest BCUT2D eigenvalue weighted by Crippen LogP contribution is 2.23. The summed E-state index contributed by atoms with van der Waals surface area (Å²) < 4.78 is 10.1. The number of carbonyl (C=O) groups excluding carboxylic acids is 3.